The summed E-state index contributed by atoms with van der Waals surface area (Å²) in [6, 6.07) is 26.8. The molecule has 32 heavy (non-hydrogen) atoms. The summed E-state index contributed by atoms with van der Waals surface area (Å²) in [7, 11) is 1.66. The fraction of sp³-hybridized carbons (Fsp3) is 0.154. The largest absolute Gasteiger partial charge is 0.497 e. The number of anilines is 2. The van der Waals surface area contributed by atoms with Crippen molar-refractivity contribution in [1.29, 1.82) is 0 Å². The maximum absolute atomic E-state index is 5.29. The smallest absolute Gasteiger partial charge is 0.203 e. The molecule has 1 aromatic heterocycles. The molecule has 6 heteroatoms. The Hall–Kier alpha value is -3.64. The van der Waals surface area contributed by atoms with E-state index in [1.165, 1.54) is 22.6 Å². The molecule has 3 aromatic carbocycles. The minimum absolute atomic E-state index is 0.746. The van der Waals surface area contributed by atoms with E-state index in [1.54, 1.807) is 7.11 Å². The molecular formula is C26H26N4OS. The van der Waals surface area contributed by atoms with E-state index in [1.807, 2.05) is 41.9 Å². The van der Waals surface area contributed by atoms with Crippen molar-refractivity contribution < 1.29 is 4.74 Å². The molecule has 1 N–H and O–H groups in total. The average molecular weight is 443 g/mol. The molecule has 0 fully saturated rings. The summed E-state index contributed by atoms with van der Waals surface area (Å²) in [4.78, 5) is 6.96. The summed E-state index contributed by atoms with van der Waals surface area (Å²) in [6.45, 7) is 4.02. The van der Waals surface area contributed by atoms with E-state index in [4.69, 9.17) is 4.74 Å². The summed E-state index contributed by atoms with van der Waals surface area (Å²) in [6.07, 6.45) is 1.81. The van der Waals surface area contributed by atoms with Gasteiger partial charge in [-0.05, 0) is 42.3 Å². The van der Waals surface area contributed by atoms with Crippen molar-refractivity contribution >= 4 is 28.4 Å². The standard InChI is InChI=1S/C26H26N4OS/c1-3-30(18-21-8-5-4-6-9-21)23-14-12-20(13-15-23)17-27-29-26-28-25(19-32-26)22-10-7-11-24(16-22)31-2/h4-17,19H,3,18H2,1-2H3,(H,28,29)/b27-17-. The topological polar surface area (TPSA) is 49.8 Å². The third-order valence-corrected chi connectivity index (χ3v) is 5.85. The number of hydrogen-bond donors (Lipinski definition) is 1. The molecule has 0 unspecified atom stereocenters. The first-order chi connectivity index (χ1) is 15.7. The van der Waals surface area contributed by atoms with Gasteiger partial charge in [-0.1, -0.05) is 54.6 Å². The zero-order chi connectivity index (χ0) is 22.2. The number of hydrazone groups is 1. The molecule has 0 atom stereocenters. The predicted molar refractivity (Wildman–Crippen MR) is 135 cm³/mol. The Morgan fingerprint density at radius 2 is 1.84 bits per heavy atom. The van der Waals surface area contributed by atoms with E-state index < -0.39 is 0 Å². The van der Waals surface area contributed by atoms with Crippen molar-refractivity contribution in [3.63, 3.8) is 0 Å². The number of ether oxygens (including phenoxy) is 1. The number of hydrogen-bond acceptors (Lipinski definition) is 6. The number of nitrogens with one attached hydrogen (secondary N) is 1. The number of rotatable bonds is 9. The second kappa shape index (κ2) is 10.6. The second-order valence-electron chi connectivity index (χ2n) is 7.23. The van der Waals surface area contributed by atoms with Crippen molar-refractivity contribution in [2.75, 3.05) is 24.0 Å². The zero-order valence-corrected chi connectivity index (χ0v) is 19.0. The second-order valence-corrected chi connectivity index (χ2v) is 8.09. The van der Waals surface area contributed by atoms with Crippen LogP contribution in [0.1, 0.15) is 18.1 Å². The molecule has 0 aliphatic carbocycles. The van der Waals surface area contributed by atoms with Gasteiger partial charge in [0.05, 0.1) is 19.0 Å². The lowest BCUT2D eigenvalue weighted by atomic mass is 10.1. The van der Waals surface area contributed by atoms with Crippen LogP contribution in [-0.4, -0.2) is 24.9 Å². The van der Waals surface area contributed by atoms with E-state index >= 15 is 0 Å². The fourth-order valence-electron chi connectivity index (χ4n) is 3.36. The average Bonchev–Trinajstić information content (AvgIpc) is 3.33. The molecule has 0 amide bonds. The van der Waals surface area contributed by atoms with Crippen LogP contribution in [0.5, 0.6) is 5.75 Å². The summed E-state index contributed by atoms with van der Waals surface area (Å²) >= 11 is 1.52. The van der Waals surface area contributed by atoms with Gasteiger partial charge < -0.3 is 9.64 Å². The van der Waals surface area contributed by atoms with Crippen molar-refractivity contribution in [2.24, 2.45) is 5.10 Å². The minimum Gasteiger partial charge on any atom is -0.497 e. The van der Waals surface area contributed by atoms with E-state index in [-0.39, 0.29) is 0 Å². The summed E-state index contributed by atoms with van der Waals surface area (Å²) in [5.41, 5.74) is 8.48. The van der Waals surface area contributed by atoms with Crippen LogP contribution in [0.15, 0.2) is 89.3 Å². The van der Waals surface area contributed by atoms with Gasteiger partial charge >= 0.3 is 0 Å². The Bertz CT molecular complexity index is 1160. The summed E-state index contributed by atoms with van der Waals surface area (Å²) in [5, 5.41) is 7.10. The molecule has 4 rings (SSSR count). The van der Waals surface area contributed by atoms with Gasteiger partial charge in [-0.3, -0.25) is 5.43 Å². The Morgan fingerprint density at radius 3 is 2.59 bits per heavy atom. The molecule has 0 saturated carbocycles. The van der Waals surface area contributed by atoms with Gasteiger partial charge in [0.2, 0.25) is 5.13 Å². The quantitative estimate of drug-likeness (QED) is 0.244. The Balaban J connectivity index is 1.36. The third-order valence-electron chi connectivity index (χ3n) is 5.10. The highest BCUT2D eigenvalue weighted by molar-refractivity contribution is 7.14. The highest BCUT2D eigenvalue weighted by atomic mass is 32.1. The van der Waals surface area contributed by atoms with Crippen LogP contribution in [0.2, 0.25) is 0 Å². The van der Waals surface area contributed by atoms with Crippen LogP contribution in [0.25, 0.3) is 11.3 Å². The summed E-state index contributed by atoms with van der Waals surface area (Å²) < 4.78 is 5.29. The van der Waals surface area contributed by atoms with E-state index in [0.717, 1.165) is 40.8 Å². The highest BCUT2D eigenvalue weighted by Crippen LogP contribution is 2.27. The Kier molecular flexibility index (Phi) is 7.15. The van der Waals surface area contributed by atoms with E-state index in [2.05, 4.69) is 75.9 Å². The van der Waals surface area contributed by atoms with Gasteiger partial charge in [0.1, 0.15) is 5.75 Å². The molecule has 0 saturated heterocycles. The monoisotopic (exact) mass is 442 g/mol. The predicted octanol–water partition coefficient (Wildman–Crippen LogP) is 6.29. The van der Waals surface area contributed by atoms with Crippen LogP contribution < -0.4 is 15.1 Å². The maximum Gasteiger partial charge on any atom is 0.203 e. The number of nitrogens with zero attached hydrogens (tertiary/aromatic N) is 3. The normalized spacial score (nSPS) is 10.9. The van der Waals surface area contributed by atoms with Crippen molar-refractivity contribution in [2.45, 2.75) is 13.5 Å². The Morgan fingerprint density at radius 1 is 1.03 bits per heavy atom. The lowest BCUT2D eigenvalue weighted by Gasteiger charge is -2.23. The fourth-order valence-corrected chi connectivity index (χ4v) is 4.03. The Labute approximate surface area is 193 Å². The van der Waals surface area contributed by atoms with Crippen LogP contribution in [0.3, 0.4) is 0 Å². The van der Waals surface area contributed by atoms with Crippen LogP contribution in [-0.2, 0) is 6.54 Å². The van der Waals surface area contributed by atoms with Crippen LogP contribution in [0, 0.1) is 0 Å². The zero-order valence-electron chi connectivity index (χ0n) is 18.2. The third kappa shape index (κ3) is 5.53. The molecule has 0 spiro atoms. The van der Waals surface area contributed by atoms with E-state index in [0.29, 0.717) is 0 Å². The van der Waals surface area contributed by atoms with E-state index in [9.17, 15) is 0 Å². The van der Waals surface area contributed by atoms with Crippen molar-refractivity contribution in [3.05, 3.63) is 95.4 Å². The lowest BCUT2D eigenvalue weighted by molar-refractivity contribution is 0.415. The van der Waals surface area contributed by atoms with Crippen LogP contribution >= 0.6 is 11.3 Å². The highest BCUT2D eigenvalue weighted by Gasteiger charge is 2.06. The molecule has 0 radical (unpaired) electrons. The number of aromatic nitrogens is 1. The number of methoxy groups -OCH3 is 1. The minimum atomic E-state index is 0.746. The van der Waals surface area contributed by atoms with Crippen LogP contribution in [0.4, 0.5) is 10.8 Å². The lowest BCUT2D eigenvalue weighted by Crippen LogP contribution is -2.21. The molecule has 4 aromatic rings. The van der Waals surface area contributed by atoms with Crippen molar-refractivity contribution in [3.8, 4) is 17.0 Å². The van der Waals surface area contributed by atoms with Gasteiger partial charge in [-0.25, -0.2) is 4.98 Å². The number of thiazole rings is 1. The SMILES string of the molecule is CCN(Cc1ccccc1)c1ccc(/C=N\Nc2nc(-c3cccc(OC)c3)cs2)cc1. The number of benzene rings is 3. The first kappa shape index (κ1) is 21.6. The first-order valence-corrected chi connectivity index (χ1v) is 11.4. The van der Waals surface area contributed by atoms with Gasteiger partial charge in [0.25, 0.3) is 0 Å². The molecular weight excluding hydrogens is 416 g/mol. The molecule has 0 aliphatic heterocycles. The molecule has 0 aliphatic rings. The summed E-state index contributed by atoms with van der Waals surface area (Å²) in [5.74, 6) is 0.817. The van der Waals surface area contributed by atoms with Crippen molar-refractivity contribution in [1.82, 2.24) is 4.98 Å². The molecule has 0 bridgehead atoms. The molecule has 1 heterocycles. The van der Waals surface area contributed by atoms with Gasteiger partial charge in [-0.15, -0.1) is 11.3 Å². The van der Waals surface area contributed by atoms with Gasteiger partial charge in [0, 0.05) is 29.7 Å². The first-order valence-electron chi connectivity index (χ1n) is 10.5. The maximum atomic E-state index is 5.29. The van der Waals surface area contributed by atoms with Gasteiger partial charge in [-0.2, -0.15) is 5.10 Å². The molecule has 5 nitrogen and oxygen atoms in total. The van der Waals surface area contributed by atoms with Gasteiger partial charge in [0.15, 0.2) is 0 Å². The molecule has 162 valence electrons.